The van der Waals surface area contributed by atoms with Gasteiger partial charge in [0, 0.05) is 4.88 Å². The molecule has 2 aromatic rings. The Labute approximate surface area is 104 Å². The maximum Gasteiger partial charge on any atom is 0.161 e. The van der Waals surface area contributed by atoms with Crippen molar-refractivity contribution in [3.05, 3.63) is 46.2 Å². The van der Waals surface area contributed by atoms with Crippen LogP contribution < -0.4 is 15.2 Å². The highest BCUT2D eigenvalue weighted by atomic mass is 32.1. The van der Waals surface area contributed by atoms with E-state index in [0.29, 0.717) is 13.2 Å². The summed E-state index contributed by atoms with van der Waals surface area (Å²) in [5.74, 6) is 1.60. The van der Waals surface area contributed by atoms with E-state index in [1.807, 2.05) is 35.7 Å². The molecule has 0 bridgehead atoms. The predicted molar refractivity (Wildman–Crippen MR) is 67.8 cm³/mol. The monoisotopic (exact) mass is 247 g/mol. The minimum Gasteiger partial charge on any atom is -0.486 e. The Hall–Kier alpha value is -1.52. The van der Waals surface area contributed by atoms with Crippen LogP contribution in [0.1, 0.15) is 16.5 Å². The fourth-order valence-electron chi connectivity index (χ4n) is 1.89. The Bertz CT molecular complexity index is 510. The lowest BCUT2D eigenvalue weighted by molar-refractivity contribution is 0.171. The van der Waals surface area contributed by atoms with Gasteiger partial charge >= 0.3 is 0 Å². The molecule has 17 heavy (non-hydrogen) atoms. The summed E-state index contributed by atoms with van der Waals surface area (Å²) >= 11 is 1.67. The van der Waals surface area contributed by atoms with Crippen molar-refractivity contribution in [3.63, 3.8) is 0 Å². The summed E-state index contributed by atoms with van der Waals surface area (Å²) in [7, 11) is 0. The summed E-state index contributed by atoms with van der Waals surface area (Å²) in [6.07, 6.45) is 0. The van der Waals surface area contributed by atoms with Gasteiger partial charge in [0.25, 0.3) is 0 Å². The highest BCUT2D eigenvalue weighted by Crippen LogP contribution is 2.34. The first-order valence-electron chi connectivity index (χ1n) is 5.53. The van der Waals surface area contributed by atoms with Gasteiger partial charge in [0.2, 0.25) is 0 Å². The summed E-state index contributed by atoms with van der Waals surface area (Å²) in [6, 6.07) is 9.86. The van der Waals surface area contributed by atoms with E-state index in [2.05, 4.69) is 0 Å². The van der Waals surface area contributed by atoms with Crippen molar-refractivity contribution in [1.29, 1.82) is 0 Å². The molecule has 0 radical (unpaired) electrons. The molecule has 1 aliphatic rings. The first-order valence-corrected chi connectivity index (χ1v) is 6.41. The SMILES string of the molecule is N[C@@H](c1ccc2c(c1)OCCO2)c1cccs1. The average Bonchev–Trinajstić information content (AvgIpc) is 2.91. The second-order valence-corrected chi connectivity index (χ2v) is 4.88. The van der Waals surface area contributed by atoms with E-state index < -0.39 is 0 Å². The molecule has 1 aromatic heterocycles. The molecule has 1 atom stereocenters. The van der Waals surface area contributed by atoms with Crippen LogP contribution in [-0.4, -0.2) is 13.2 Å². The topological polar surface area (TPSA) is 44.5 Å². The molecule has 0 spiro atoms. The third kappa shape index (κ3) is 2.01. The quantitative estimate of drug-likeness (QED) is 0.887. The van der Waals surface area contributed by atoms with Crippen molar-refractivity contribution in [2.75, 3.05) is 13.2 Å². The maximum absolute atomic E-state index is 6.21. The summed E-state index contributed by atoms with van der Waals surface area (Å²) < 4.78 is 11.0. The molecular weight excluding hydrogens is 234 g/mol. The van der Waals surface area contributed by atoms with E-state index in [1.54, 1.807) is 11.3 Å². The van der Waals surface area contributed by atoms with Crippen molar-refractivity contribution in [2.24, 2.45) is 5.73 Å². The first-order chi connectivity index (χ1) is 8.34. The number of rotatable bonds is 2. The Morgan fingerprint density at radius 3 is 2.71 bits per heavy atom. The summed E-state index contributed by atoms with van der Waals surface area (Å²) in [5.41, 5.74) is 7.26. The molecule has 4 heteroatoms. The molecule has 0 aliphatic carbocycles. The van der Waals surface area contributed by atoms with E-state index in [1.165, 1.54) is 0 Å². The smallest absolute Gasteiger partial charge is 0.161 e. The molecule has 0 amide bonds. The lowest BCUT2D eigenvalue weighted by Gasteiger charge is -2.20. The lowest BCUT2D eigenvalue weighted by Crippen LogP contribution is -2.16. The number of ether oxygens (including phenoxy) is 2. The van der Waals surface area contributed by atoms with Crippen molar-refractivity contribution in [3.8, 4) is 11.5 Å². The average molecular weight is 247 g/mol. The molecule has 0 saturated heterocycles. The Morgan fingerprint density at radius 1 is 1.12 bits per heavy atom. The van der Waals surface area contributed by atoms with Gasteiger partial charge in [-0.3, -0.25) is 0 Å². The van der Waals surface area contributed by atoms with Gasteiger partial charge in [0.05, 0.1) is 6.04 Å². The van der Waals surface area contributed by atoms with Crippen LogP contribution in [0.4, 0.5) is 0 Å². The molecular formula is C13H13NO2S. The fraction of sp³-hybridized carbons (Fsp3) is 0.231. The van der Waals surface area contributed by atoms with Gasteiger partial charge in [-0.2, -0.15) is 0 Å². The minimum atomic E-state index is -0.0918. The third-order valence-corrected chi connectivity index (χ3v) is 3.73. The van der Waals surface area contributed by atoms with Crippen molar-refractivity contribution in [1.82, 2.24) is 0 Å². The zero-order valence-corrected chi connectivity index (χ0v) is 10.1. The fourth-order valence-corrected chi connectivity index (χ4v) is 2.64. The molecule has 3 rings (SSSR count). The highest BCUT2D eigenvalue weighted by Gasteiger charge is 2.16. The number of hydrogen-bond acceptors (Lipinski definition) is 4. The van der Waals surface area contributed by atoms with Gasteiger partial charge in [0.15, 0.2) is 11.5 Å². The van der Waals surface area contributed by atoms with Crippen LogP contribution in [0.15, 0.2) is 35.7 Å². The Kier molecular flexibility index (Phi) is 2.74. The Balaban J connectivity index is 1.93. The Morgan fingerprint density at radius 2 is 1.94 bits per heavy atom. The van der Waals surface area contributed by atoms with Crippen molar-refractivity contribution in [2.45, 2.75) is 6.04 Å². The molecule has 2 heterocycles. The first kappa shape index (κ1) is 10.6. The number of fused-ring (bicyclic) bond motifs is 1. The van der Waals surface area contributed by atoms with Crippen LogP contribution in [0.25, 0.3) is 0 Å². The molecule has 0 unspecified atom stereocenters. The normalized spacial score (nSPS) is 15.6. The number of thiophene rings is 1. The van der Waals surface area contributed by atoms with Crippen LogP contribution in [0.5, 0.6) is 11.5 Å². The van der Waals surface area contributed by atoms with Crippen LogP contribution in [0, 0.1) is 0 Å². The highest BCUT2D eigenvalue weighted by molar-refractivity contribution is 7.10. The number of hydrogen-bond donors (Lipinski definition) is 1. The van der Waals surface area contributed by atoms with Crippen molar-refractivity contribution >= 4 is 11.3 Å². The van der Waals surface area contributed by atoms with Gasteiger partial charge in [-0.05, 0) is 29.1 Å². The molecule has 88 valence electrons. The lowest BCUT2D eigenvalue weighted by atomic mass is 10.1. The zero-order chi connectivity index (χ0) is 11.7. The van der Waals surface area contributed by atoms with Gasteiger partial charge in [-0.25, -0.2) is 0 Å². The largest absolute Gasteiger partial charge is 0.486 e. The van der Waals surface area contributed by atoms with E-state index in [-0.39, 0.29) is 6.04 Å². The standard InChI is InChI=1S/C13H13NO2S/c14-13(12-2-1-7-17-12)9-3-4-10-11(8-9)16-6-5-15-10/h1-4,7-8,13H,5-6,14H2/t13-/m0/s1. The minimum absolute atomic E-state index is 0.0918. The second-order valence-electron chi connectivity index (χ2n) is 3.90. The van der Waals surface area contributed by atoms with E-state index in [4.69, 9.17) is 15.2 Å². The van der Waals surface area contributed by atoms with Crippen LogP contribution >= 0.6 is 11.3 Å². The summed E-state index contributed by atoms with van der Waals surface area (Å²) in [4.78, 5) is 1.15. The zero-order valence-electron chi connectivity index (χ0n) is 9.26. The molecule has 0 saturated carbocycles. The van der Waals surface area contributed by atoms with Gasteiger partial charge in [-0.1, -0.05) is 12.1 Å². The molecule has 0 fully saturated rings. The van der Waals surface area contributed by atoms with E-state index >= 15 is 0 Å². The molecule has 2 N–H and O–H groups in total. The van der Waals surface area contributed by atoms with Crippen LogP contribution in [0.3, 0.4) is 0 Å². The van der Waals surface area contributed by atoms with E-state index in [0.717, 1.165) is 21.9 Å². The molecule has 3 nitrogen and oxygen atoms in total. The van der Waals surface area contributed by atoms with E-state index in [9.17, 15) is 0 Å². The van der Waals surface area contributed by atoms with Crippen molar-refractivity contribution < 1.29 is 9.47 Å². The number of benzene rings is 1. The summed E-state index contributed by atoms with van der Waals surface area (Å²) in [5, 5.41) is 2.03. The third-order valence-electron chi connectivity index (χ3n) is 2.78. The summed E-state index contributed by atoms with van der Waals surface area (Å²) in [6.45, 7) is 1.22. The molecule has 1 aliphatic heterocycles. The van der Waals surface area contributed by atoms with Gasteiger partial charge in [-0.15, -0.1) is 11.3 Å². The number of nitrogens with two attached hydrogens (primary N) is 1. The molecule has 1 aromatic carbocycles. The van der Waals surface area contributed by atoms with Crippen LogP contribution in [0.2, 0.25) is 0 Å². The van der Waals surface area contributed by atoms with Gasteiger partial charge in [0.1, 0.15) is 13.2 Å². The van der Waals surface area contributed by atoms with Crippen LogP contribution in [-0.2, 0) is 0 Å². The predicted octanol–water partition coefficient (Wildman–Crippen LogP) is 2.57. The maximum atomic E-state index is 6.21. The second kappa shape index (κ2) is 4.39. The van der Waals surface area contributed by atoms with Gasteiger partial charge < -0.3 is 15.2 Å².